The monoisotopic (exact) mass is 372 g/mol. The smallest absolute Gasteiger partial charge is 0.311 e. The molecule has 0 unspecified atom stereocenters. The van der Waals surface area contributed by atoms with E-state index in [-0.39, 0.29) is 11.3 Å². The highest BCUT2D eigenvalue weighted by Crippen LogP contribution is 2.30. The molecule has 7 heteroatoms. The van der Waals surface area contributed by atoms with Gasteiger partial charge in [0.2, 0.25) is 5.75 Å². The summed E-state index contributed by atoms with van der Waals surface area (Å²) in [5, 5.41) is 21.0. The van der Waals surface area contributed by atoms with Crippen molar-refractivity contribution in [3.63, 3.8) is 0 Å². The zero-order valence-corrected chi connectivity index (χ0v) is 15.0. The first kappa shape index (κ1) is 17.4. The van der Waals surface area contributed by atoms with Crippen LogP contribution < -0.4 is 0 Å². The number of phenols is 1. The zero-order chi connectivity index (χ0) is 19.7. The Kier molecular flexibility index (Phi) is 4.33. The number of nitrogens with zero attached hydrogens (tertiary/aromatic N) is 3. The standard InChI is InChI=1S/C21H16N4O3/c1-13-9-10-14(21-23-16-6-2-3-7-17(16)24-21)11-18(13)22-12-15-5-4-8-19(20(15)26)25(27)28/h2-12,26H,1H3,(H,23,24). The molecule has 4 rings (SSSR count). The second-order valence-corrected chi connectivity index (χ2v) is 6.33. The molecule has 3 aromatic carbocycles. The van der Waals surface area contributed by atoms with Crippen molar-refractivity contribution in [2.24, 2.45) is 4.99 Å². The van der Waals surface area contributed by atoms with Crippen LogP contribution in [0.1, 0.15) is 11.1 Å². The SMILES string of the molecule is Cc1ccc(-c2nc3ccccc3[nH]2)cc1N=Cc1cccc([N+](=O)[O-])c1O. The van der Waals surface area contributed by atoms with E-state index in [2.05, 4.69) is 15.0 Å². The van der Waals surface area contributed by atoms with Crippen LogP contribution in [0.2, 0.25) is 0 Å². The van der Waals surface area contributed by atoms with Crippen LogP contribution in [-0.2, 0) is 0 Å². The van der Waals surface area contributed by atoms with Crippen LogP contribution in [0.3, 0.4) is 0 Å². The molecule has 0 aliphatic heterocycles. The highest BCUT2D eigenvalue weighted by Gasteiger charge is 2.15. The molecule has 138 valence electrons. The minimum absolute atomic E-state index is 0.280. The first-order valence-corrected chi connectivity index (χ1v) is 8.59. The molecule has 0 saturated heterocycles. The Hall–Kier alpha value is -4.00. The molecule has 0 amide bonds. The Balaban J connectivity index is 1.71. The number of imidazole rings is 1. The van der Waals surface area contributed by atoms with Gasteiger partial charge in [-0.1, -0.05) is 30.3 Å². The molecule has 0 atom stereocenters. The summed E-state index contributed by atoms with van der Waals surface area (Å²) in [5.74, 6) is 0.332. The molecule has 0 fully saturated rings. The van der Waals surface area contributed by atoms with Crippen molar-refractivity contribution in [3.8, 4) is 17.1 Å². The molecule has 7 nitrogen and oxygen atoms in total. The number of nitro benzene ring substituents is 1. The number of phenolic OH excluding ortho intramolecular Hbond substituents is 1. The van der Waals surface area contributed by atoms with Gasteiger partial charge in [0.25, 0.3) is 0 Å². The van der Waals surface area contributed by atoms with Gasteiger partial charge in [-0.25, -0.2) is 4.98 Å². The molecule has 0 aliphatic rings. The molecule has 0 saturated carbocycles. The van der Waals surface area contributed by atoms with E-state index >= 15 is 0 Å². The molecule has 4 aromatic rings. The summed E-state index contributed by atoms with van der Waals surface area (Å²) in [5.41, 5.74) is 4.25. The molecule has 1 heterocycles. The Labute approximate surface area is 160 Å². The van der Waals surface area contributed by atoms with Crippen molar-refractivity contribution in [1.29, 1.82) is 0 Å². The summed E-state index contributed by atoms with van der Waals surface area (Å²) in [7, 11) is 0. The van der Waals surface area contributed by atoms with Crippen LogP contribution in [0, 0.1) is 17.0 Å². The van der Waals surface area contributed by atoms with Gasteiger partial charge in [0.05, 0.1) is 21.6 Å². The number of hydrogen-bond acceptors (Lipinski definition) is 5. The van der Waals surface area contributed by atoms with Gasteiger partial charge in [0.15, 0.2) is 0 Å². The number of para-hydroxylation sites is 3. The van der Waals surface area contributed by atoms with Gasteiger partial charge >= 0.3 is 5.69 Å². The fourth-order valence-electron chi connectivity index (χ4n) is 2.92. The van der Waals surface area contributed by atoms with E-state index < -0.39 is 10.7 Å². The Morgan fingerprint density at radius 1 is 1.14 bits per heavy atom. The van der Waals surface area contributed by atoms with Crippen LogP contribution in [-0.4, -0.2) is 26.2 Å². The zero-order valence-electron chi connectivity index (χ0n) is 15.0. The summed E-state index contributed by atoms with van der Waals surface area (Å²) >= 11 is 0. The summed E-state index contributed by atoms with van der Waals surface area (Å²) in [6.07, 6.45) is 1.42. The predicted octanol–water partition coefficient (Wildman–Crippen LogP) is 4.90. The highest BCUT2D eigenvalue weighted by atomic mass is 16.6. The maximum atomic E-state index is 11.0. The second kappa shape index (κ2) is 6.96. The van der Waals surface area contributed by atoms with E-state index in [0.717, 1.165) is 28.0 Å². The largest absolute Gasteiger partial charge is 0.502 e. The van der Waals surface area contributed by atoms with E-state index in [4.69, 9.17) is 0 Å². The lowest BCUT2D eigenvalue weighted by atomic mass is 10.1. The van der Waals surface area contributed by atoms with Crippen LogP contribution >= 0.6 is 0 Å². The molecule has 1 aromatic heterocycles. The average Bonchev–Trinajstić information content (AvgIpc) is 3.12. The normalized spacial score (nSPS) is 11.3. The molecule has 0 aliphatic carbocycles. The Bertz CT molecular complexity index is 1190. The molecule has 0 spiro atoms. The van der Waals surface area contributed by atoms with Gasteiger partial charge in [0.1, 0.15) is 5.82 Å². The summed E-state index contributed by atoms with van der Waals surface area (Å²) in [6.45, 7) is 1.92. The number of benzene rings is 3. The molecule has 28 heavy (non-hydrogen) atoms. The van der Waals surface area contributed by atoms with E-state index in [1.54, 1.807) is 6.07 Å². The predicted molar refractivity (Wildman–Crippen MR) is 108 cm³/mol. The highest BCUT2D eigenvalue weighted by molar-refractivity contribution is 5.88. The van der Waals surface area contributed by atoms with Crippen molar-refractivity contribution in [3.05, 3.63) is 81.9 Å². The fourth-order valence-corrected chi connectivity index (χ4v) is 2.92. The maximum absolute atomic E-state index is 11.0. The van der Waals surface area contributed by atoms with E-state index in [9.17, 15) is 15.2 Å². The van der Waals surface area contributed by atoms with E-state index in [0.29, 0.717) is 5.69 Å². The third-order valence-electron chi connectivity index (χ3n) is 4.46. The van der Waals surface area contributed by atoms with Crippen molar-refractivity contribution >= 4 is 28.6 Å². The summed E-state index contributed by atoms with van der Waals surface area (Å²) in [4.78, 5) is 22.6. The van der Waals surface area contributed by atoms with Gasteiger partial charge < -0.3 is 10.1 Å². The topological polar surface area (TPSA) is 104 Å². The van der Waals surface area contributed by atoms with Crippen LogP contribution in [0.4, 0.5) is 11.4 Å². The van der Waals surface area contributed by atoms with Gasteiger partial charge in [-0.15, -0.1) is 0 Å². The third-order valence-corrected chi connectivity index (χ3v) is 4.46. The number of fused-ring (bicyclic) bond motifs is 1. The first-order valence-electron chi connectivity index (χ1n) is 8.59. The lowest BCUT2D eigenvalue weighted by Gasteiger charge is -2.04. The van der Waals surface area contributed by atoms with Crippen molar-refractivity contribution < 1.29 is 10.0 Å². The fraction of sp³-hybridized carbons (Fsp3) is 0.0476. The number of rotatable bonds is 4. The number of H-pyrrole nitrogens is 1. The molecular formula is C21H16N4O3. The molecule has 0 radical (unpaired) electrons. The molecule has 2 N–H and O–H groups in total. The number of aromatic amines is 1. The van der Waals surface area contributed by atoms with Crippen molar-refractivity contribution in [2.45, 2.75) is 6.92 Å². The van der Waals surface area contributed by atoms with Gasteiger partial charge in [-0.3, -0.25) is 15.1 Å². The maximum Gasteiger partial charge on any atom is 0.311 e. The summed E-state index contributed by atoms with van der Waals surface area (Å²) in [6, 6.07) is 17.9. The lowest BCUT2D eigenvalue weighted by molar-refractivity contribution is -0.385. The third kappa shape index (κ3) is 3.21. The number of aryl methyl sites for hydroxylation is 1. The lowest BCUT2D eigenvalue weighted by Crippen LogP contribution is -1.91. The van der Waals surface area contributed by atoms with Crippen LogP contribution in [0.25, 0.3) is 22.4 Å². The number of hydrogen-bond donors (Lipinski definition) is 2. The van der Waals surface area contributed by atoms with E-state index in [1.807, 2.05) is 49.4 Å². The number of aliphatic imine (C=N–C) groups is 1. The number of nitrogens with one attached hydrogen (secondary N) is 1. The van der Waals surface area contributed by atoms with Crippen LogP contribution in [0.5, 0.6) is 5.75 Å². The Morgan fingerprint density at radius 3 is 2.75 bits per heavy atom. The van der Waals surface area contributed by atoms with Crippen LogP contribution in [0.15, 0.2) is 65.7 Å². The number of aromatic hydroxyl groups is 1. The van der Waals surface area contributed by atoms with Gasteiger partial charge in [0, 0.05) is 23.4 Å². The second-order valence-electron chi connectivity index (χ2n) is 6.33. The number of aromatic nitrogens is 2. The quantitative estimate of drug-likeness (QED) is 0.302. The first-order chi connectivity index (χ1) is 13.5. The molecular weight excluding hydrogens is 356 g/mol. The van der Waals surface area contributed by atoms with Crippen molar-refractivity contribution in [2.75, 3.05) is 0 Å². The van der Waals surface area contributed by atoms with Gasteiger partial charge in [-0.05, 0) is 36.8 Å². The Morgan fingerprint density at radius 2 is 1.96 bits per heavy atom. The minimum atomic E-state index is -0.625. The number of nitro groups is 1. The molecule has 0 bridgehead atoms. The average molecular weight is 372 g/mol. The van der Waals surface area contributed by atoms with E-state index in [1.165, 1.54) is 18.3 Å². The summed E-state index contributed by atoms with van der Waals surface area (Å²) < 4.78 is 0. The van der Waals surface area contributed by atoms with Crippen molar-refractivity contribution in [1.82, 2.24) is 9.97 Å². The minimum Gasteiger partial charge on any atom is -0.502 e. The van der Waals surface area contributed by atoms with Gasteiger partial charge in [-0.2, -0.15) is 0 Å².